The van der Waals surface area contributed by atoms with Gasteiger partial charge in [-0.3, -0.25) is 9.80 Å². The third-order valence-corrected chi connectivity index (χ3v) is 15.3. The largest absolute Gasteiger partial charge is 0.444 e. The molecule has 2 atom stereocenters. The van der Waals surface area contributed by atoms with Crippen LogP contribution in [0.15, 0.2) is 61.1 Å². The van der Waals surface area contributed by atoms with E-state index in [2.05, 4.69) is 72.7 Å². The van der Waals surface area contributed by atoms with Crippen molar-refractivity contribution in [2.24, 2.45) is 0 Å². The first-order valence-corrected chi connectivity index (χ1v) is 31.1. The van der Waals surface area contributed by atoms with Crippen LogP contribution in [0, 0.1) is 0 Å². The Hall–Kier alpha value is -4.91. The molecule has 2 aromatic carbocycles. The average Bonchev–Trinajstić information content (AvgIpc) is 4.05. The maximum atomic E-state index is 13.4. The Bertz CT molecular complexity index is 2480. The summed E-state index contributed by atoms with van der Waals surface area (Å²) >= 11 is 0. The topological polar surface area (TPSA) is 139 Å². The Morgan fingerprint density at radius 2 is 1.08 bits per heavy atom. The predicted octanol–water partition coefficient (Wildman–Crippen LogP) is 11.8. The van der Waals surface area contributed by atoms with E-state index >= 15 is 0 Å². The zero-order valence-electron chi connectivity index (χ0n) is 41.4. The van der Waals surface area contributed by atoms with Crippen LogP contribution < -0.4 is 0 Å². The van der Waals surface area contributed by atoms with Gasteiger partial charge in [0.05, 0.1) is 41.4 Å². The Labute approximate surface area is 393 Å². The van der Waals surface area contributed by atoms with Crippen LogP contribution in [0.1, 0.15) is 91.0 Å². The molecule has 14 nitrogen and oxygen atoms in total. The minimum atomic E-state index is -1.31. The molecule has 0 bridgehead atoms. The maximum absolute atomic E-state index is 13.4. The van der Waals surface area contributed by atoms with Crippen molar-refractivity contribution in [1.29, 1.82) is 0 Å². The lowest BCUT2D eigenvalue weighted by Crippen LogP contribution is -2.37. The molecule has 0 spiro atoms. The van der Waals surface area contributed by atoms with Gasteiger partial charge in [-0.15, -0.1) is 0 Å². The first-order valence-electron chi connectivity index (χ1n) is 23.7. The first kappa shape index (κ1) is 49.0. The number of hydrogen-bond acceptors (Lipinski definition) is 10. The second kappa shape index (κ2) is 19.7. The first-order chi connectivity index (χ1) is 31.0. The summed E-state index contributed by atoms with van der Waals surface area (Å²) in [5, 5.41) is 0.899. The Kier molecular flexibility index (Phi) is 14.7. The molecule has 7 rings (SSSR count). The van der Waals surface area contributed by atoms with Gasteiger partial charge in [-0.25, -0.2) is 29.5 Å². The van der Waals surface area contributed by atoms with Crippen molar-refractivity contribution >= 4 is 39.2 Å². The third-order valence-electron chi connectivity index (χ3n) is 11.9. The third kappa shape index (κ3) is 12.3. The minimum absolute atomic E-state index is 0.211. The van der Waals surface area contributed by atoms with Gasteiger partial charge in [-0.2, -0.15) is 0 Å². The van der Waals surface area contributed by atoms with Gasteiger partial charge < -0.3 is 28.1 Å². The molecule has 5 heterocycles. The van der Waals surface area contributed by atoms with Gasteiger partial charge in [0.15, 0.2) is 5.82 Å². The molecule has 0 N–H and O–H groups in total. The molecular formula is C50H72N8O6Si2. The second-order valence-corrected chi connectivity index (χ2v) is 33.5. The van der Waals surface area contributed by atoms with Gasteiger partial charge in [0.1, 0.15) is 36.3 Å². The molecule has 356 valence electrons. The number of rotatable bonds is 15. The molecule has 16 heteroatoms. The standard InChI is InChI=1S/C50H72N8O6Si2/c1-49(2,3)63-47(59)55-23-13-15-40(55)45-52-31-42(57(45)33-61-25-27-65(7,8)9)35-17-19-36(20-18-35)44-51-30-38-29-37(21-22-39(38)54-44)43-32-53-46(58(43)34-62-26-28-66(10,11)12)41-16-14-24-56(41)48(60)64-50(4,5)6/h17-22,29-32,40-41H,13-16,23-28,33-34H2,1-12H3. The van der Waals surface area contributed by atoms with Crippen LogP contribution in [-0.2, 0) is 32.4 Å². The number of ether oxygens (including phenoxy) is 4. The molecule has 2 amide bonds. The monoisotopic (exact) mass is 937 g/mol. The van der Waals surface area contributed by atoms with Crippen LogP contribution in [0.3, 0.4) is 0 Å². The highest BCUT2D eigenvalue weighted by molar-refractivity contribution is 6.76. The van der Waals surface area contributed by atoms with Crippen molar-refractivity contribution in [3.05, 3.63) is 72.7 Å². The quantitative estimate of drug-likeness (QED) is 0.0736. The van der Waals surface area contributed by atoms with Crippen molar-refractivity contribution in [2.45, 2.75) is 155 Å². The van der Waals surface area contributed by atoms with Crippen molar-refractivity contribution in [2.75, 3.05) is 26.3 Å². The minimum Gasteiger partial charge on any atom is -0.444 e. The maximum Gasteiger partial charge on any atom is 0.410 e. The summed E-state index contributed by atoms with van der Waals surface area (Å²) in [6.07, 6.45) is 8.37. The van der Waals surface area contributed by atoms with Crippen molar-refractivity contribution < 1.29 is 28.5 Å². The molecule has 0 aliphatic carbocycles. The summed E-state index contributed by atoms with van der Waals surface area (Å²) in [6.45, 7) is 28.7. The fraction of sp³-hybridized carbons (Fsp3) is 0.560. The Morgan fingerprint density at radius 1 is 0.621 bits per heavy atom. The molecule has 2 unspecified atom stereocenters. The Morgan fingerprint density at radius 3 is 1.55 bits per heavy atom. The number of likely N-dealkylation sites (tertiary alicyclic amines) is 2. The van der Waals surface area contributed by atoms with Gasteiger partial charge in [-0.1, -0.05) is 69.6 Å². The second-order valence-electron chi connectivity index (χ2n) is 22.3. The molecule has 0 saturated carbocycles. The van der Waals surface area contributed by atoms with Gasteiger partial charge in [0.2, 0.25) is 0 Å². The normalized spacial score (nSPS) is 17.3. The highest BCUT2D eigenvalue weighted by Crippen LogP contribution is 2.38. The van der Waals surface area contributed by atoms with E-state index in [1.165, 1.54) is 0 Å². The molecule has 0 radical (unpaired) electrons. The van der Waals surface area contributed by atoms with Gasteiger partial charge in [0.25, 0.3) is 0 Å². The van der Waals surface area contributed by atoms with Crippen molar-refractivity contribution in [3.63, 3.8) is 0 Å². The molecule has 2 fully saturated rings. The van der Waals surface area contributed by atoms with Crippen LogP contribution in [-0.4, -0.2) is 105 Å². The van der Waals surface area contributed by atoms with E-state index < -0.39 is 27.3 Å². The summed E-state index contributed by atoms with van der Waals surface area (Å²) in [5.41, 5.74) is 4.29. The summed E-state index contributed by atoms with van der Waals surface area (Å²) in [4.78, 5) is 50.1. The van der Waals surface area contributed by atoms with Crippen LogP contribution in [0.5, 0.6) is 0 Å². The van der Waals surface area contributed by atoms with Gasteiger partial charge in [-0.05, 0) is 97.0 Å². The number of amides is 2. The average molecular weight is 937 g/mol. The van der Waals surface area contributed by atoms with E-state index in [-0.39, 0.29) is 24.3 Å². The smallest absolute Gasteiger partial charge is 0.410 e. The zero-order valence-corrected chi connectivity index (χ0v) is 43.4. The number of aromatic nitrogens is 6. The zero-order chi connectivity index (χ0) is 47.6. The predicted molar refractivity (Wildman–Crippen MR) is 265 cm³/mol. The lowest BCUT2D eigenvalue weighted by atomic mass is 10.1. The van der Waals surface area contributed by atoms with E-state index in [4.69, 9.17) is 38.9 Å². The molecule has 3 aromatic heterocycles. The summed E-state index contributed by atoms with van der Waals surface area (Å²) in [6, 6.07) is 16.1. The summed E-state index contributed by atoms with van der Waals surface area (Å²) in [7, 11) is -2.61. The number of imidazole rings is 2. The van der Waals surface area contributed by atoms with E-state index in [0.717, 1.165) is 88.4 Å². The highest BCUT2D eigenvalue weighted by Gasteiger charge is 2.38. The number of carbonyl (C=O) groups is 2. The van der Waals surface area contributed by atoms with Gasteiger partial charge >= 0.3 is 12.2 Å². The number of hydrogen-bond donors (Lipinski definition) is 0. The van der Waals surface area contributed by atoms with E-state index in [0.29, 0.717) is 45.6 Å². The van der Waals surface area contributed by atoms with E-state index in [1.54, 1.807) is 0 Å². The fourth-order valence-electron chi connectivity index (χ4n) is 8.38. The lowest BCUT2D eigenvalue weighted by molar-refractivity contribution is 0.0195. The summed E-state index contributed by atoms with van der Waals surface area (Å²) in [5.74, 6) is 2.22. The van der Waals surface area contributed by atoms with Crippen LogP contribution in [0.4, 0.5) is 9.59 Å². The lowest BCUT2D eigenvalue weighted by Gasteiger charge is -2.29. The van der Waals surface area contributed by atoms with Crippen molar-refractivity contribution in [3.8, 4) is 33.9 Å². The molecule has 2 aliphatic heterocycles. The Balaban J connectivity index is 1.14. The van der Waals surface area contributed by atoms with Crippen LogP contribution >= 0.6 is 0 Å². The fourth-order valence-corrected chi connectivity index (χ4v) is 9.90. The number of benzene rings is 2. The number of carbonyl (C=O) groups excluding carboxylic acids is 2. The van der Waals surface area contributed by atoms with Crippen LogP contribution in [0.2, 0.25) is 51.4 Å². The van der Waals surface area contributed by atoms with Crippen LogP contribution in [0.25, 0.3) is 44.8 Å². The number of fused-ring (bicyclic) bond motifs is 1. The van der Waals surface area contributed by atoms with Crippen molar-refractivity contribution in [1.82, 2.24) is 38.9 Å². The summed E-state index contributed by atoms with van der Waals surface area (Å²) < 4.78 is 28.5. The van der Waals surface area contributed by atoms with E-state index in [1.807, 2.05) is 88.1 Å². The number of nitrogens with zero attached hydrogens (tertiary/aromatic N) is 8. The van der Waals surface area contributed by atoms with E-state index in [9.17, 15) is 9.59 Å². The molecule has 5 aromatic rings. The molecule has 66 heavy (non-hydrogen) atoms. The SMILES string of the molecule is CC(C)(C)OC(=O)N1CCCC1c1ncc(-c2ccc(-c3ncc4cc(-c5cnc(C6CCCN6C(=O)OC(C)(C)C)n5COCC[Si](C)(C)C)ccc4n3)cc2)n1COCC[Si](C)(C)C. The molecule has 2 aliphatic rings. The highest BCUT2D eigenvalue weighted by atomic mass is 28.3. The molecular weight excluding hydrogens is 865 g/mol. The molecule has 2 saturated heterocycles. The van der Waals surface area contributed by atoms with Gasteiger partial charge in [0, 0.05) is 65.2 Å².